The van der Waals surface area contributed by atoms with E-state index in [9.17, 15) is 19.8 Å². The van der Waals surface area contributed by atoms with Gasteiger partial charge in [-0.2, -0.15) is 0 Å². The molecule has 306 valence electrons. The molecule has 0 radical (unpaired) electrons. The van der Waals surface area contributed by atoms with Gasteiger partial charge in [-0.15, -0.1) is 0 Å². The maximum absolute atomic E-state index is 12.8. The first kappa shape index (κ1) is 50.3. The Balaban J connectivity index is 5.71. The van der Waals surface area contributed by atoms with Crippen molar-refractivity contribution in [3.8, 4) is 0 Å². The highest BCUT2D eigenvalue weighted by atomic mass is 16.4. The predicted molar refractivity (Wildman–Crippen MR) is 220 cm³/mol. The molecule has 0 saturated carbocycles. The zero-order chi connectivity index (χ0) is 38.8. The molecule has 0 aliphatic rings. The molecule has 0 fully saturated rings. The molecule has 7 nitrogen and oxygen atoms in total. The lowest BCUT2D eigenvalue weighted by atomic mass is 9.63. The summed E-state index contributed by atoms with van der Waals surface area (Å²) in [6, 6.07) is 0. The average Bonchev–Trinajstić information content (AvgIpc) is 3.11. The van der Waals surface area contributed by atoms with Crippen molar-refractivity contribution in [3.05, 3.63) is 24.3 Å². The Morgan fingerprint density at radius 3 is 1.13 bits per heavy atom. The molecule has 5 N–H and O–H groups in total. The van der Waals surface area contributed by atoms with Crippen LogP contribution in [-0.2, 0) is 9.59 Å². The van der Waals surface area contributed by atoms with E-state index in [1.165, 1.54) is 51.4 Å². The Morgan fingerprint density at radius 1 is 0.481 bits per heavy atom. The quantitative estimate of drug-likeness (QED) is 0.0314. The highest BCUT2D eigenvalue weighted by molar-refractivity contribution is 5.66. The summed E-state index contributed by atoms with van der Waals surface area (Å²) >= 11 is 0. The zero-order valence-electron chi connectivity index (χ0n) is 34.5. The molecule has 0 bridgehead atoms. The number of carboxylic acids is 2. The Hall–Kier alpha value is -1.70. The molecule has 1 atom stereocenters. The van der Waals surface area contributed by atoms with E-state index in [0.29, 0.717) is 25.7 Å². The van der Waals surface area contributed by atoms with Crippen LogP contribution in [0.4, 0.5) is 0 Å². The normalized spacial score (nSPS) is 13.7. The van der Waals surface area contributed by atoms with Gasteiger partial charge < -0.3 is 25.7 Å². The number of aliphatic carboxylic acids is 2. The summed E-state index contributed by atoms with van der Waals surface area (Å²) in [5.74, 6) is -1.43. The van der Waals surface area contributed by atoms with Gasteiger partial charge in [-0.25, -0.2) is 0 Å². The van der Waals surface area contributed by atoms with E-state index in [-0.39, 0.29) is 12.8 Å². The first-order chi connectivity index (χ1) is 25.0. The summed E-state index contributed by atoms with van der Waals surface area (Å²) in [6.07, 6.45) is 39.5. The lowest BCUT2D eigenvalue weighted by Crippen LogP contribution is -2.72. The van der Waals surface area contributed by atoms with Gasteiger partial charge >= 0.3 is 11.9 Å². The van der Waals surface area contributed by atoms with Crippen molar-refractivity contribution in [2.75, 3.05) is 7.05 Å². The molecule has 0 aromatic carbocycles. The second-order valence-corrected chi connectivity index (χ2v) is 15.9. The van der Waals surface area contributed by atoms with Gasteiger partial charge in [0.15, 0.2) is 0 Å². The van der Waals surface area contributed by atoms with Crippen LogP contribution in [0.15, 0.2) is 24.3 Å². The lowest BCUT2D eigenvalue weighted by molar-refractivity contribution is -0.156. The topological polar surface area (TPSA) is 127 Å². The van der Waals surface area contributed by atoms with Crippen LogP contribution in [0.25, 0.3) is 0 Å². The first-order valence-corrected chi connectivity index (χ1v) is 21.9. The molecule has 1 unspecified atom stereocenters. The van der Waals surface area contributed by atoms with Crippen molar-refractivity contribution in [3.63, 3.8) is 0 Å². The largest absolute Gasteiger partial charge is 0.481 e. The Kier molecular flexibility index (Phi) is 31.6. The van der Waals surface area contributed by atoms with Crippen LogP contribution in [0.1, 0.15) is 226 Å². The van der Waals surface area contributed by atoms with Gasteiger partial charge in [0.2, 0.25) is 0 Å². The van der Waals surface area contributed by atoms with E-state index in [4.69, 9.17) is 10.2 Å². The van der Waals surface area contributed by atoms with Crippen LogP contribution in [0.5, 0.6) is 0 Å². The third kappa shape index (κ3) is 23.9. The van der Waals surface area contributed by atoms with Gasteiger partial charge in [-0.1, -0.05) is 167 Å². The zero-order valence-corrected chi connectivity index (χ0v) is 34.5. The lowest BCUT2D eigenvalue weighted by Gasteiger charge is -2.54. The van der Waals surface area contributed by atoms with E-state index >= 15 is 0 Å². The Bertz CT molecular complexity index is 859. The number of aliphatic hydroxyl groups is 2. The average molecular weight is 736 g/mol. The number of nitrogens with one attached hydrogen (secondary N) is 1. The van der Waals surface area contributed by atoms with Crippen LogP contribution in [-0.4, -0.2) is 56.2 Å². The fourth-order valence-corrected chi connectivity index (χ4v) is 7.69. The maximum Gasteiger partial charge on any atom is 0.303 e. The number of unbranched alkanes of at least 4 members (excludes halogenated alkanes) is 22. The number of carboxylic acid groups (broad SMARTS) is 2. The van der Waals surface area contributed by atoms with Gasteiger partial charge in [-0.05, 0) is 78.2 Å². The molecular weight excluding hydrogens is 650 g/mol. The standard InChI is InChI=1S/C45H85NO6/c1-5-7-9-11-19-25-31-37-44(51,38-32-26-20-12-10-8-6-2)43(3,46-4)45(52,39-33-27-21-15-13-17-23-29-35-41(47)48)40-34-28-22-16-14-18-24-30-36-42(49)50/h25-26,31-32,46,51-52H,5-24,27-30,33-40H2,1-4H3,(H,47,48)(H,49,50)/b31-25-,32-26-. The molecule has 0 spiro atoms. The molecule has 0 aromatic rings. The first-order valence-electron chi connectivity index (χ1n) is 21.9. The highest BCUT2D eigenvalue weighted by Crippen LogP contribution is 2.44. The minimum Gasteiger partial charge on any atom is -0.481 e. The number of carbonyl (C=O) groups is 2. The summed E-state index contributed by atoms with van der Waals surface area (Å²) in [5, 5.41) is 46.7. The summed E-state index contributed by atoms with van der Waals surface area (Å²) in [6.45, 7) is 6.52. The Morgan fingerprint density at radius 2 is 0.808 bits per heavy atom. The number of hydrogen-bond donors (Lipinski definition) is 5. The van der Waals surface area contributed by atoms with Gasteiger partial charge in [0.25, 0.3) is 0 Å². The van der Waals surface area contributed by atoms with Crippen molar-refractivity contribution in [1.29, 1.82) is 0 Å². The van der Waals surface area contributed by atoms with E-state index in [1.807, 2.05) is 7.05 Å². The monoisotopic (exact) mass is 736 g/mol. The molecule has 0 saturated heterocycles. The fraction of sp³-hybridized carbons (Fsp3) is 0.867. The van der Waals surface area contributed by atoms with Crippen LogP contribution >= 0.6 is 0 Å². The van der Waals surface area contributed by atoms with Crippen LogP contribution in [0.3, 0.4) is 0 Å². The van der Waals surface area contributed by atoms with Crippen molar-refractivity contribution in [1.82, 2.24) is 5.32 Å². The summed E-state index contributed by atoms with van der Waals surface area (Å²) < 4.78 is 0. The fourth-order valence-electron chi connectivity index (χ4n) is 7.69. The molecular formula is C45H85NO6. The third-order valence-electron chi connectivity index (χ3n) is 11.5. The smallest absolute Gasteiger partial charge is 0.303 e. The minimum atomic E-state index is -1.16. The molecule has 0 rings (SSSR count). The number of hydrogen-bond acceptors (Lipinski definition) is 5. The second kappa shape index (κ2) is 32.7. The number of allylic oxidation sites excluding steroid dienone is 2. The highest BCUT2D eigenvalue weighted by Gasteiger charge is 2.56. The van der Waals surface area contributed by atoms with Gasteiger partial charge in [0.1, 0.15) is 0 Å². The summed E-state index contributed by atoms with van der Waals surface area (Å²) in [7, 11) is 1.91. The van der Waals surface area contributed by atoms with Gasteiger partial charge in [-0.3, -0.25) is 9.59 Å². The van der Waals surface area contributed by atoms with Gasteiger partial charge in [0, 0.05) is 12.8 Å². The number of likely N-dealkylation sites (N-methyl/N-ethyl adjacent to an activating group) is 1. The molecule has 0 aliphatic carbocycles. The molecule has 7 heteroatoms. The van der Waals surface area contributed by atoms with E-state index in [1.54, 1.807) is 0 Å². The third-order valence-corrected chi connectivity index (χ3v) is 11.5. The van der Waals surface area contributed by atoms with E-state index < -0.39 is 28.7 Å². The molecule has 52 heavy (non-hydrogen) atoms. The molecule has 0 aromatic heterocycles. The Labute approximate surface area is 320 Å². The van der Waals surface area contributed by atoms with Crippen LogP contribution in [0.2, 0.25) is 0 Å². The molecule has 0 aliphatic heterocycles. The summed E-state index contributed by atoms with van der Waals surface area (Å²) in [4.78, 5) is 21.5. The predicted octanol–water partition coefficient (Wildman–Crippen LogP) is 12.2. The van der Waals surface area contributed by atoms with Gasteiger partial charge in [0.05, 0.1) is 16.7 Å². The minimum absolute atomic E-state index is 0.257. The number of rotatable bonds is 39. The van der Waals surface area contributed by atoms with Crippen molar-refractivity contribution in [2.24, 2.45) is 0 Å². The van der Waals surface area contributed by atoms with Crippen molar-refractivity contribution < 1.29 is 30.0 Å². The molecule has 0 heterocycles. The van der Waals surface area contributed by atoms with Crippen molar-refractivity contribution in [2.45, 2.75) is 243 Å². The van der Waals surface area contributed by atoms with Crippen LogP contribution in [0, 0.1) is 0 Å². The van der Waals surface area contributed by atoms with E-state index in [2.05, 4.69) is 50.4 Å². The van der Waals surface area contributed by atoms with E-state index in [0.717, 1.165) is 116 Å². The SMILES string of the molecule is CCCCCC/C=C\CC(O)(C/C=C\CCCCCC)C(C)(NC)C(O)(CCCCCCCCCCC(=O)O)CCCCCCCCCCC(=O)O. The summed E-state index contributed by atoms with van der Waals surface area (Å²) in [5.41, 5.74) is -3.18. The van der Waals surface area contributed by atoms with Crippen LogP contribution < -0.4 is 5.32 Å². The molecule has 0 amide bonds. The maximum atomic E-state index is 12.8. The van der Waals surface area contributed by atoms with Crippen molar-refractivity contribution >= 4 is 11.9 Å². The second-order valence-electron chi connectivity index (χ2n) is 15.9.